The Bertz CT molecular complexity index is 1320. The lowest BCUT2D eigenvalue weighted by atomic mass is 10.0. The average molecular weight is 496 g/mol. The van der Waals surface area contributed by atoms with Crippen LogP contribution in [-0.4, -0.2) is 23.4 Å². The van der Waals surface area contributed by atoms with Crippen LogP contribution in [0.25, 0.3) is 17.2 Å². The molecule has 172 valence electrons. The van der Waals surface area contributed by atoms with Crippen LogP contribution in [0.4, 0.5) is 10.7 Å². The van der Waals surface area contributed by atoms with Crippen molar-refractivity contribution in [3.8, 4) is 17.2 Å². The molecule has 0 radical (unpaired) electrons. The number of thiophene rings is 1. The molecule has 2 aromatic carbocycles. The Hall–Kier alpha value is -4.00. The van der Waals surface area contributed by atoms with Gasteiger partial charge in [0.1, 0.15) is 22.2 Å². The van der Waals surface area contributed by atoms with E-state index in [1.807, 2.05) is 6.07 Å². The molecule has 0 aliphatic rings. The van der Waals surface area contributed by atoms with Crippen LogP contribution < -0.4 is 5.32 Å². The molecule has 0 atom stereocenters. The number of halogens is 1. The fourth-order valence-corrected chi connectivity index (χ4v) is 4.36. The summed E-state index contributed by atoms with van der Waals surface area (Å²) in [7, 11) is 0. The number of nitrogens with zero attached hydrogens (tertiary/aromatic N) is 2. The minimum atomic E-state index is -0.695. The molecule has 34 heavy (non-hydrogen) atoms. The topological polar surface area (TPSA) is 122 Å². The molecule has 3 rings (SSSR count). The summed E-state index contributed by atoms with van der Waals surface area (Å²) in [6.07, 6.45) is 1.41. The van der Waals surface area contributed by atoms with Gasteiger partial charge in [-0.25, -0.2) is 4.79 Å². The molecule has 1 amide bonds. The fraction of sp³-hybridized carbons (Fsp3) is 0.125. The van der Waals surface area contributed by atoms with Gasteiger partial charge in [-0.3, -0.25) is 14.9 Å². The number of non-ortho nitro benzene ring substituents is 1. The third-order valence-electron chi connectivity index (χ3n) is 4.70. The lowest BCUT2D eigenvalue weighted by molar-refractivity contribution is -0.384. The second-order valence-electron chi connectivity index (χ2n) is 6.94. The van der Waals surface area contributed by atoms with E-state index in [0.29, 0.717) is 26.6 Å². The summed E-state index contributed by atoms with van der Waals surface area (Å²) < 4.78 is 5.20. The van der Waals surface area contributed by atoms with Crippen molar-refractivity contribution in [1.29, 1.82) is 5.26 Å². The molecule has 0 saturated heterocycles. The lowest BCUT2D eigenvalue weighted by Crippen LogP contribution is -2.16. The Morgan fingerprint density at radius 3 is 2.41 bits per heavy atom. The van der Waals surface area contributed by atoms with E-state index in [4.69, 9.17) is 16.3 Å². The van der Waals surface area contributed by atoms with Crippen molar-refractivity contribution in [3.63, 3.8) is 0 Å². The number of hydrogen-bond donors (Lipinski definition) is 1. The molecule has 3 aromatic rings. The van der Waals surface area contributed by atoms with E-state index < -0.39 is 16.8 Å². The molecule has 8 nitrogen and oxygen atoms in total. The molecule has 0 aliphatic carbocycles. The van der Waals surface area contributed by atoms with Crippen molar-refractivity contribution in [2.75, 3.05) is 11.9 Å². The van der Waals surface area contributed by atoms with Gasteiger partial charge in [0.25, 0.3) is 11.6 Å². The molecular weight excluding hydrogens is 478 g/mol. The molecule has 0 fully saturated rings. The number of rotatable bonds is 7. The minimum Gasteiger partial charge on any atom is -0.462 e. The number of hydrogen-bond acceptors (Lipinski definition) is 7. The monoisotopic (exact) mass is 495 g/mol. The predicted molar refractivity (Wildman–Crippen MR) is 131 cm³/mol. The van der Waals surface area contributed by atoms with Crippen LogP contribution in [0.1, 0.15) is 27.7 Å². The SMILES string of the molecule is CCOC(=O)c1c(NC(=O)/C(C#N)=C/c2ccc(Cl)cc2)sc(C)c1-c1ccc([N+](=O)[O-])cc1. The van der Waals surface area contributed by atoms with Crippen molar-refractivity contribution in [2.24, 2.45) is 0 Å². The van der Waals surface area contributed by atoms with Gasteiger partial charge in [-0.1, -0.05) is 23.7 Å². The number of aryl methyl sites for hydroxylation is 1. The van der Waals surface area contributed by atoms with Gasteiger partial charge in [0, 0.05) is 27.6 Å². The first-order valence-electron chi connectivity index (χ1n) is 9.99. The summed E-state index contributed by atoms with van der Waals surface area (Å²) in [5, 5.41) is 23.9. The normalized spacial score (nSPS) is 10.9. The Morgan fingerprint density at radius 1 is 1.21 bits per heavy atom. The Labute approximate surface area is 204 Å². The summed E-state index contributed by atoms with van der Waals surface area (Å²) in [6.45, 7) is 3.53. The summed E-state index contributed by atoms with van der Waals surface area (Å²) in [6, 6.07) is 14.2. The van der Waals surface area contributed by atoms with Crippen LogP contribution in [0.5, 0.6) is 0 Å². The standard InChI is InChI=1S/C24H18ClN3O5S/c1-3-33-24(30)21-20(16-6-10-19(11-7-16)28(31)32)14(2)34-23(21)27-22(29)17(13-26)12-15-4-8-18(25)9-5-15/h4-12H,3H2,1-2H3,(H,27,29)/b17-12+. The second-order valence-corrected chi connectivity index (χ2v) is 8.60. The van der Waals surface area contributed by atoms with E-state index in [1.54, 1.807) is 38.1 Å². The molecule has 10 heteroatoms. The zero-order valence-electron chi connectivity index (χ0n) is 18.1. The van der Waals surface area contributed by atoms with Crippen LogP contribution in [0, 0.1) is 28.4 Å². The van der Waals surface area contributed by atoms with Crippen molar-refractivity contribution in [3.05, 3.63) is 85.2 Å². The van der Waals surface area contributed by atoms with Gasteiger partial charge in [0.05, 0.1) is 11.5 Å². The summed E-state index contributed by atoms with van der Waals surface area (Å²) in [5.74, 6) is -1.35. The zero-order chi connectivity index (χ0) is 24.8. The number of nitriles is 1. The zero-order valence-corrected chi connectivity index (χ0v) is 19.7. The maximum Gasteiger partial charge on any atom is 0.341 e. The quantitative estimate of drug-likeness (QED) is 0.141. The first kappa shape index (κ1) is 24.6. The van der Waals surface area contributed by atoms with Gasteiger partial charge in [-0.15, -0.1) is 11.3 Å². The van der Waals surface area contributed by atoms with E-state index in [2.05, 4.69) is 5.32 Å². The number of carbonyl (C=O) groups excluding carboxylic acids is 2. The highest BCUT2D eigenvalue weighted by molar-refractivity contribution is 7.17. The van der Waals surface area contributed by atoms with Gasteiger partial charge in [0.2, 0.25) is 0 Å². The maximum atomic E-state index is 12.9. The van der Waals surface area contributed by atoms with E-state index in [9.17, 15) is 25.0 Å². The van der Waals surface area contributed by atoms with Gasteiger partial charge in [-0.2, -0.15) is 5.26 Å². The number of nitrogens with one attached hydrogen (secondary N) is 1. The van der Waals surface area contributed by atoms with Crippen LogP contribution >= 0.6 is 22.9 Å². The van der Waals surface area contributed by atoms with Gasteiger partial charge in [-0.05, 0) is 55.3 Å². The lowest BCUT2D eigenvalue weighted by Gasteiger charge is -2.09. The van der Waals surface area contributed by atoms with E-state index in [-0.39, 0.29) is 28.4 Å². The highest BCUT2D eigenvalue weighted by atomic mass is 35.5. The number of carbonyl (C=O) groups is 2. The Balaban J connectivity index is 2.02. The summed E-state index contributed by atoms with van der Waals surface area (Å²) in [4.78, 5) is 36.9. The highest BCUT2D eigenvalue weighted by Crippen LogP contribution is 2.41. The third-order valence-corrected chi connectivity index (χ3v) is 5.98. The van der Waals surface area contributed by atoms with Gasteiger partial charge >= 0.3 is 5.97 Å². The molecule has 1 N–H and O–H groups in total. The van der Waals surface area contributed by atoms with Crippen LogP contribution in [0.3, 0.4) is 0 Å². The number of benzene rings is 2. The minimum absolute atomic E-state index is 0.0890. The van der Waals surface area contributed by atoms with Crippen LogP contribution in [0.2, 0.25) is 5.02 Å². The molecule has 0 unspecified atom stereocenters. The van der Waals surface area contributed by atoms with Gasteiger partial charge < -0.3 is 10.1 Å². The summed E-state index contributed by atoms with van der Waals surface area (Å²) >= 11 is 7.02. The largest absolute Gasteiger partial charge is 0.462 e. The highest BCUT2D eigenvalue weighted by Gasteiger charge is 2.26. The number of amides is 1. The van der Waals surface area contributed by atoms with Crippen molar-refractivity contribution in [1.82, 2.24) is 0 Å². The number of anilines is 1. The first-order valence-corrected chi connectivity index (χ1v) is 11.2. The second kappa shape index (κ2) is 10.7. The van der Waals surface area contributed by atoms with E-state index in [0.717, 1.165) is 11.3 Å². The van der Waals surface area contributed by atoms with Crippen LogP contribution in [-0.2, 0) is 9.53 Å². The molecule has 0 saturated carbocycles. The van der Waals surface area contributed by atoms with Crippen molar-refractivity contribution in [2.45, 2.75) is 13.8 Å². The Morgan fingerprint density at radius 2 is 1.85 bits per heavy atom. The summed E-state index contributed by atoms with van der Waals surface area (Å²) in [5.41, 5.74) is 1.52. The molecule has 0 aliphatic heterocycles. The van der Waals surface area contributed by atoms with Crippen molar-refractivity contribution < 1.29 is 19.2 Å². The smallest absolute Gasteiger partial charge is 0.341 e. The van der Waals surface area contributed by atoms with E-state index >= 15 is 0 Å². The molecule has 0 spiro atoms. The fourth-order valence-electron chi connectivity index (χ4n) is 3.17. The number of ether oxygens (including phenoxy) is 1. The predicted octanol–water partition coefficient (Wildman–Crippen LogP) is 6.01. The number of nitro benzene ring substituents is 1. The van der Waals surface area contributed by atoms with E-state index in [1.165, 1.54) is 30.3 Å². The maximum absolute atomic E-state index is 12.9. The Kier molecular flexibility index (Phi) is 7.79. The molecular formula is C24H18ClN3O5S. The van der Waals surface area contributed by atoms with Crippen LogP contribution in [0.15, 0.2) is 54.1 Å². The van der Waals surface area contributed by atoms with Gasteiger partial charge in [0.15, 0.2) is 0 Å². The molecule has 1 aromatic heterocycles. The molecule has 0 bridgehead atoms. The van der Waals surface area contributed by atoms with Crippen molar-refractivity contribution >= 4 is 51.6 Å². The average Bonchev–Trinajstić information content (AvgIpc) is 3.14. The number of esters is 1. The number of nitro groups is 1. The third kappa shape index (κ3) is 5.49. The first-order chi connectivity index (χ1) is 16.2. The molecule has 1 heterocycles.